The van der Waals surface area contributed by atoms with E-state index >= 15 is 0 Å². The summed E-state index contributed by atoms with van der Waals surface area (Å²) in [5, 5.41) is 9.21. The molecule has 2 heterocycles. The van der Waals surface area contributed by atoms with E-state index in [1.807, 2.05) is 6.07 Å². The number of anilines is 1. The second kappa shape index (κ2) is 3.72. The van der Waals surface area contributed by atoms with Gasteiger partial charge in [0.15, 0.2) is 5.13 Å². The highest BCUT2D eigenvalue weighted by Crippen LogP contribution is 2.28. The number of terminal acetylenes is 1. The third-order valence-electron chi connectivity index (χ3n) is 2.20. The first-order valence-electron chi connectivity index (χ1n) is 4.37. The summed E-state index contributed by atoms with van der Waals surface area (Å²) in [5.74, 6) is 2.51. The summed E-state index contributed by atoms with van der Waals surface area (Å²) in [5.41, 5.74) is 0. The Hall–Kier alpha value is -1.85. The molecule has 1 saturated heterocycles. The third kappa shape index (κ3) is 1.70. The molecule has 15 heavy (non-hydrogen) atoms. The molecule has 5 heteroatoms. The molecule has 1 atom stereocenters. The molecule has 1 fully saturated rings. The van der Waals surface area contributed by atoms with Crippen molar-refractivity contribution in [2.75, 3.05) is 11.4 Å². The lowest BCUT2D eigenvalue weighted by Gasteiger charge is -2.10. The second-order valence-electron chi connectivity index (χ2n) is 3.19. The number of amides is 1. The molecule has 0 aromatic carbocycles. The summed E-state index contributed by atoms with van der Waals surface area (Å²) in [6, 6.07) is 1.99. The van der Waals surface area contributed by atoms with E-state index in [4.69, 9.17) is 11.7 Å². The standard InChI is InChI=1S/C10H7N3OS/c1-2-7-3-9(14)13(6-7)10-12-5-8(4-11)15-10/h1,5,7H,3,6H2. The Balaban J connectivity index is 2.23. The highest BCUT2D eigenvalue weighted by Gasteiger charge is 2.31. The van der Waals surface area contributed by atoms with Crippen LogP contribution in [-0.2, 0) is 4.79 Å². The van der Waals surface area contributed by atoms with Gasteiger partial charge in [-0.3, -0.25) is 9.69 Å². The summed E-state index contributed by atoms with van der Waals surface area (Å²) in [6.45, 7) is 0.508. The van der Waals surface area contributed by atoms with Crippen molar-refractivity contribution in [2.45, 2.75) is 6.42 Å². The van der Waals surface area contributed by atoms with Crippen LogP contribution in [0.15, 0.2) is 6.20 Å². The van der Waals surface area contributed by atoms with Crippen LogP contribution in [0.25, 0.3) is 0 Å². The van der Waals surface area contributed by atoms with Crippen LogP contribution >= 0.6 is 11.3 Å². The van der Waals surface area contributed by atoms with Crippen molar-refractivity contribution in [2.24, 2.45) is 5.92 Å². The molecule has 0 N–H and O–H groups in total. The summed E-state index contributed by atoms with van der Waals surface area (Å²) < 4.78 is 0. The van der Waals surface area contributed by atoms with Crippen molar-refractivity contribution in [1.82, 2.24) is 4.98 Å². The average molecular weight is 217 g/mol. The number of hydrogen-bond donors (Lipinski definition) is 0. The number of carbonyl (C=O) groups excluding carboxylic acids is 1. The van der Waals surface area contributed by atoms with Gasteiger partial charge in [-0.2, -0.15) is 5.26 Å². The maximum absolute atomic E-state index is 11.6. The molecule has 1 amide bonds. The lowest BCUT2D eigenvalue weighted by Crippen LogP contribution is -2.23. The Bertz CT molecular complexity index is 480. The molecule has 1 aliphatic rings. The maximum Gasteiger partial charge on any atom is 0.230 e. The number of nitrogens with zero attached hydrogens (tertiary/aromatic N) is 3. The quantitative estimate of drug-likeness (QED) is 0.659. The smallest absolute Gasteiger partial charge is 0.230 e. The number of thiazole rings is 1. The van der Waals surface area contributed by atoms with E-state index in [-0.39, 0.29) is 11.8 Å². The van der Waals surface area contributed by atoms with Crippen LogP contribution in [0.2, 0.25) is 0 Å². The molecule has 0 bridgehead atoms. The van der Waals surface area contributed by atoms with Crippen molar-refractivity contribution < 1.29 is 4.79 Å². The van der Waals surface area contributed by atoms with Crippen molar-refractivity contribution in [3.8, 4) is 18.4 Å². The van der Waals surface area contributed by atoms with Crippen LogP contribution in [0.5, 0.6) is 0 Å². The first kappa shape index (κ1) is 9.70. The van der Waals surface area contributed by atoms with E-state index in [1.165, 1.54) is 17.5 Å². The van der Waals surface area contributed by atoms with E-state index in [0.717, 1.165) is 0 Å². The Morgan fingerprint density at radius 3 is 3.07 bits per heavy atom. The molecule has 1 aromatic heterocycles. The molecule has 2 rings (SSSR count). The number of rotatable bonds is 1. The summed E-state index contributed by atoms with van der Waals surface area (Å²) >= 11 is 1.21. The molecular formula is C10H7N3OS. The minimum atomic E-state index is -0.0352. The summed E-state index contributed by atoms with van der Waals surface area (Å²) in [6.07, 6.45) is 7.11. The Kier molecular flexibility index (Phi) is 2.40. The number of aromatic nitrogens is 1. The fraction of sp³-hybridized carbons (Fsp3) is 0.300. The van der Waals surface area contributed by atoms with Crippen LogP contribution < -0.4 is 4.90 Å². The van der Waals surface area contributed by atoms with Crippen LogP contribution in [0.3, 0.4) is 0 Å². The highest BCUT2D eigenvalue weighted by atomic mass is 32.1. The zero-order valence-corrected chi connectivity index (χ0v) is 8.62. The van der Waals surface area contributed by atoms with Gasteiger partial charge in [0.25, 0.3) is 0 Å². The normalized spacial score (nSPS) is 20.0. The first-order chi connectivity index (χ1) is 7.24. The van der Waals surface area contributed by atoms with Gasteiger partial charge in [-0.25, -0.2) is 4.98 Å². The highest BCUT2D eigenvalue weighted by molar-refractivity contribution is 7.16. The lowest BCUT2D eigenvalue weighted by molar-refractivity contribution is -0.117. The van der Waals surface area contributed by atoms with E-state index in [9.17, 15) is 4.79 Å². The topological polar surface area (TPSA) is 57.0 Å². The zero-order chi connectivity index (χ0) is 10.8. The number of hydrogen-bond acceptors (Lipinski definition) is 4. The SMILES string of the molecule is C#CC1CC(=O)N(c2ncc(C#N)s2)C1. The average Bonchev–Trinajstić information content (AvgIpc) is 2.83. The third-order valence-corrected chi connectivity index (χ3v) is 3.12. The fourth-order valence-electron chi connectivity index (χ4n) is 1.45. The summed E-state index contributed by atoms with van der Waals surface area (Å²) in [4.78, 5) is 17.6. The van der Waals surface area contributed by atoms with Crippen LogP contribution in [0.4, 0.5) is 5.13 Å². The minimum Gasteiger partial charge on any atom is -0.287 e. The van der Waals surface area contributed by atoms with Gasteiger partial charge in [0.05, 0.1) is 6.20 Å². The van der Waals surface area contributed by atoms with Crippen molar-refractivity contribution in [1.29, 1.82) is 5.26 Å². The van der Waals surface area contributed by atoms with E-state index in [0.29, 0.717) is 23.0 Å². The van der Waals surface area contributed by atoms with Gasteiger partial charge in [-0.15, -0.1) is 12.3 Å². The molecule has 0 saturated carbocycles. The molecule has 1 aliphatic heterocycles. The van der Waals surface area contributed by atoms with Crippen LogP contribution in [-0.4, -0.2) is 17.4 Å². The van der Waals surface area contributed by atoms with Gasteiger partial charge >= 0.3 is 0 Å². The van der Waals surface area contributed by atoms with Crippen LogP contribution in [0.1, 0.15) is 11.3 Å². The Morgan fingerprint density at radius 1 is 1.73 bits per heavy atom. The monoisotopic (exact) mass is 217 g/mol. The predicted octanol–water partition coefficient (Wildman–Crippen LogP) is 1.00. The molecule has 1 aromatic rings. The van der Waals surface area contributed by atoms with Gasteiger partial charge in [-0.1, -0.05) is 11.3 Å². The van der Waals surface area contributed by atoms with Gasteiger partial charge in [0.1, 0.15) is 10.9 Å². The van der Waals surface area contributed by atoms with E-state index in [1.54, 1.807) is 4.90 Å². The molecule has 0 radical (unpaired) electrons. The van der Waals surface area contributed by atoms with Gasteiger partial charge < -0.3 is 0 Å². The lowest BCUT2D eigenvalue weighted by atomic mass is 10.1. The van der Waals surface area contributed by atoms with E-state index < -0.39 is 0 Å². The number of carbonyl (C=O) groups is 1. The van der Waals surface area contributed by atoms with Gasteiger partial charge in [0.2, 0.25) is 5.91 Å². The molecule has 0 aliphatic carbocycles. The molecule has 4 nitrogen and oxygen atoms in total. The molecule has 1 unspecified atom stereocenters. The minimum absolute atomic E-state index is 0.0169. The first-order valence-corrected chi connectivity index (χ1v) is 5.18. The Labute approximate surface area is 91.2 Å². The van der Waals surface area contributed by atoms with E-state index in [2.05, 4.69) is 10.9 Å². The van der Waals surface area contributed by atoms with Gasteiger partial charge in [0, 0.05) is 18.9 Å². The predicted molar refractivity (Wildman–Crippen MR) is 56.1 cm³/mol. The molecule has 74 valence electrons. The zero-order valence-electron chi connectivity index (χ0n) is 7.80. The van der Waals surface area contributed by atoms with Crippen molar-refractivity contribution >= 4 is 22.4 Å². The van der Waals surface area contributed by atoms with Gasteiger partial charge in [-0.05, 0) is 0 Å². The largest absolute Gasteiger partial charge is 0.287 e. The summed E-state index contributed by atoms with van der Waals surface area (Å²) in [7, 11) is 0. The molecular weight excluding hydrogens is 210 g/mol. The second-order valence-corrected chi connectivity index (χ2v) is 4.20. The maximum atomic E-state index is 11.6. The van der Waals surface area contributed by atoms with Crippen molar-refractivity contribution in [3.05, 3.63) is 11.1 Å². The van der Waals surface area contributed by atoms with Crippen LogP contribution in [0, 0.1) is 29.6 Å². The molecule has 0 spiro atoms. The van der Waals surface area contributed by atoms with Crippen molar-refractivity contribution in [3.63, 3.8) is 0 Å². The Morgan fingerprint density at radius 2 is 2.53 bits per heavy atom. The number of nitriles is 1. The fourth-order valence-corrected chi connectivity index (χ4v) is 2.19.